The Morgan fingerprint density at radius 1 is 1.30 bits per heavy atom. The lowest BCUT2D eigenvalue weighted by molar-refractivity contribution is -0.186. The smallest absolute Gasteiger partial charge is 0.323 e. The van der Waals surface area contributed by atoms with Gasteiger partial charge in [0.05, 0.1) is 5.52 Å². The number of benzene rings is 1. The first kappa shape index (κ1) is 13.4. The molecule has 7 heteroatoms. The number of aromatic nitrogens is 2. The second kappa shape index (κ2) is 3.94. The minimum atomic E-state index is -4.66. The van der Waals surface area contributed by atoms with Crippen LogP contribution in [0.15, 0.2) is 18.2 Å². The summed E-state index contributed by atoms with van der Waals surface area (Å²) in [7, 11) is 0. The summed E-state index contributed by atoms with van der Waals surface area (Å²) >= 11 is 0. The Kier molecular flexibility index (Phi) is 2.63. The van der Waals surface area contributed by atoms with Gasteiger partial charge in [0.25, 0.3) is 0 Å². The highest BCUT2D eigenvalue weighted by atomic mass is 19.4. The van der Waals surface area contributed by atoms with Gasteiger partial charge in [-0.3, -0.25) is 0 Å². The number of fused-ring (bicyclic) bond motifs is 1. The fourth-order valence-corrected chi connectivity index (χ4v) is 2.28. The fourth-order valence-electron chi connectivity index (χ4n) is 2.28. The highest BCUT2D eigenvalue weighted by Crippen LogP contribution is 2.44. The van der Waals surface area contributed by atoms with Crippen LogP contribution in [0.3, 0.4) is 0 Å². The lowest BCUT2D eigenvalue weighted by Crippen LogP contribution is -2.49. The van der Waals surface area contributed by atoms with Gasteiger partial charge in [0, 0.05) is 6.04 Å². The molecule has 3 rings (SSSR count). The molecule has 1 heterocycles. The largest absolute Gasteiger partial charge is 0.413 e. The number of nitrogens with two attached hydrogens (primary N) is 1. The first-order valence-corrected chi connectivity index (χ1v) is 6.26. The third-order valence-electron chi connectivity index (χ3n) is 3.64. The molecule has 2 N–H and O–H groups in total. The number of hydrogen-bond acceptors (Lipinski definition) is 2. The molecule has 0 saturated heterocycles. The summed E-state index contributed by atoms with van der Waals surface area (Å²) in [4.78, 5) is 3.85. The molecule has 3 nitrogen and oxygen atoms in total. The van der Waals surface area contributed by atoms with Gasteiger partial charge in [-0.2, -0.15) is 13.2 Å². The van der Waals surface area contributed by atoms with Gasteiger partial charge in [-0.15, -0.1) is 0 Å². The Bertz CT molecular complexity index is 668. The zero-order valence-corrected chi connectivity index (χ0v) is 10.7. The van der Waals surface area contributed by atoms with Gasteiger partial charge < -0.3 is 10.3 Å². The molecular weight excluding hydrogens is 274 g/mol. The Balaban J connectivity index is 2.30. The van der Waals surface area contributed by atoms with Crippen LogP contribution in [0.2, 0.25) is 0 Å². The predicted molar refractivity (Wildman–Crippen MR) is 65.6 cm³/mol. The lowest BCUT2D eigenvalue weighted by Gasteiger charge is -2.27. The molecule has 1 aliphatic rings. The van der Waals surface area contributed by atoms with Gasteiger partial charge in [-0.1, -0.05) is 6.07 Å². The van der Waals surface area contributed by atoms with Crippen molar-refractivity contribution in [3.63, 3.8) is 0 Å². The van der Waals surface area contributed by atoms with Gasteiger partial charge in [0.1, 0.15) is 11.3 Å². The lowest BCUT2D eigenvalue weighted by atomic mass is 10.0. The zero-order valence-electron chi connectivity index (χ0n) is 10.7. The molecule has 1 atom stereocenters. The van der Waals surface area contributed by atoms with Crippen molar-refractivity contribution in [1.82, 2.24) is 9.55 Å². The van der Waals surface area contributed by atoms with Crippen molar-refractivity contribution in [1.29, 1.82) is 0 Å². The number of imidazole rings is 1. The van der Waals surface area contributed by atoms with Crippen molar-refractivity contribution < 1.29 is 17.6 Å². The molecule has 20 heavy (non-hydrogen) atoms. The van der Waals surface area contributed by atoms with Gasteiger partial charge >= 0.3 is 6.18 Å². The van der Waals surface area contributed by atoms with E-state index in [4.69, 9.17) is 5.73 Å². The number of rotatable bonds is 2. The third-order valence-corrected chi connectivity index (χ3v) is 3.64. The molecule has 108 valence electrons. The quantitative estimate of drug-likeness (QED) is 0.862. The van der Waals surface area contributed by atoms with Crippen molar-refractivity contribution in [2.45, 2.75) is 37.5 Å². The number of nitrogens with zero attached hydrogens (tertiary/aromatic N) is 2. The van der Waals surface area contributed by atoms with Crippen LogP contribution in [-0.2, 0) is 5.54 Å². The van der Waals surface area contributed by atoms with Crippen molar-refractivity contribution in [3.05, 3.63) is 29.8 Å². The van der Waals surface area contributed by atoms with Crippen molar-refractivity contribution >= 4 is 11.0 Å². The first-order chi connectivity index (χ1) is 9.23. The normalized spacial score (nSPS) is 19.3. The molecular formula is C13H13F4N3. The summed E-state index contributed by atoms with van der Waals surface area (Å²) in [6, 6.07) is 4.13. The van der Waals surface area contributed by atoms with Gasteiger partial charge in [0.15, 0.2) is 11.4 Å². The summed E-state index contributed by atoms with van der Waals surface area (Å²) < 4.78 is 54.6. The second-order valence-corrected chi connectivity index (χ2v) is 5.34. The van der Waals surface area contributed by atoms with E-state index in [2.05, 4.69) is 4.98 Å². The van der Waals surface area contributed by atoms with Crippen molar-refractivity contribution in [2.75, 3.05) is 0 Å². The van der Waals surface area contributed by atoms with Crippen LogP contribution in [-0.4, -0.2) is 15.7 Å². The maximum Gasteiger partial charge on any atom is 0.413 e. The van der Waals surface area contributed by atoms with E-state index in [0.717, 1.165) is 19.8 Å². The maximum atomic E-state index is 13.8. The number of halogens is 4. The zero-order chi connectivity index (χ0) is 14.7. The number of alkyl halides is 3. The molecule has 1 aromatic carbocycles. The molecule has 0 amide bonds. The summed E-state index contributed by atoms with van der Waals surface area (Å²) in [5, 5.41) is 0. The first-order valence-electron chi connectivity index (χ1n) is 6.26. The van der Waals surface area contributed by atoms with Crippen LogP contribution in [0.1, 0.15) is 31.6 Å². The summed E-state index contributed by atoms with van der Waals surface area (Å²) in [6.45, 7) is 0.866. The van der Waals surface area contributed by atoms with E-state index in [1.54, 1.807) is 6.07 Å². The second-order valence-electron chi connectivity index (χ2n) is 5.34. The van der Waals surface area contributed by atoms with Crippen LogP contribution in [0.4, 0.5) is 17.6 Å². The van der Waals surface area contributed by atoms with E-state index in [1.165, 1.54) is 16.7 Å². The monoisotopic (exact) mass is 287 g/mol. The molecule has 2 aromatic rings. The van der Waals surface area contributed by atoms with Gasteiger partial charge in [-0.25, -0.2) is 9.37 Å². The summed E-state index contributed by atoms with van der Waals surface area (Å²) in [6.07, 6.45) is -3.15. The minimum absolute atomic E-state index is 0.0599. The Morgan fingerprint density at radius 2 is 1.95 bits per heavy atom. The van der Waals surface area contributed by atoms with Crippen LogP contribution in [0.25, 0.3) is 11.0 Å². The molecule has 0 radical (unpaired) electrons. The van der Waals surface area contributed by atoms with Gasteiger partial charge in [0.2, 0.25) is 0 Å². The van der Waals surface area contributed by atoms with Crippen LogP contribution < -0.4 is 5.73 Å². The number of hydrogen-bond donors (Lipinski definition) is 1. The van der Waals surface area contributed by atoms with E-state index in [0.29, 0.717) is 5.52 Å². The average Bonchev–Trinajstić information content (AvgIpc) is 3.08. The summed E-state index contributed by atoms with van der Waals surface area (Å²) in [5.41, 5.74) is 3.16. The van der Waals surface area contributed by atoms with Crippen LogP contribution in [0, 0.1) is 5.82 Å². The van der Waals surface area contributed by atoms with Crippen molar-refractivity contribution in [2.24, 2.45) is 5.73 Å². The van der Waals surface area contributed by atoms with Crippen LogP contribution in [0.5, 0.6) is 0 Å². The SMILES string of the molecule is CC(N)(c1nc2c(F)cccc2n1C1CC1)C(F)(F)F. The average molecular weight is 287 g/mol. The molecule has 0 spiro atoms. The molecule has 0 bridgehead atoms. The molecule has 1 saturated carbocycles. The molecule has 1 aliphatic carbocycles. The van der Waals surface area contributed by atoms with E-state index < -0.39 is 17.5 Å². The number of para-hydroxylation sites is 1. The van der Waals surface area contributed by atoms with E-state index in [9.17, 15) is 17.6 Å². The predicted octanol–water partition coefficient (Wildman–Crippen LogP) is 3.25. The van der Waals surface area contributed by atoms with E-state index in [1.807, 2.05) is 0 Å². The van der Waals surface area contributed by atoms with Crippen molar-refractivity contribution in [3.8, 4) is 0 Å². The highest BCUT2D eigenvalue weighted by molar-refractivity contribution is 5.77. The molecule has 1 fully saturated rings. The van der Waals surface area contributed by atoms with E-state index in [-0.39, 0.29) is 17.4 Å². The third kappa shape index (κ3) is 1.80. The maximum absolute atomic E-state index is 13.8. The summed E-state index contributed by atoms with van der Waals surface area (Å²) in [5.74, 6) is -0.964. The van der Waals surface area contributed by atoms with Gasteiger partial charge in [-0.05, 0) is 31.9 Å². The Labute approximate surface area is 112 Å². The fraction of sp³-hybridized carbons (Fsp3) is 0.462. The topological polar surface area (TPSA) is 43.8 Å². The molecule has 1 unspecified atom stereocenters. The van der Waals surface area contributed by atoms with E-state index >= 15 is 0 Å². The molecule has 1 aromatic heterocycles. The minimum Gasteiger partial charge on any atom is -0.323 e. The highest BCUT2D eigenvalue weighted by Gasteiger charge is 2.53. The standard InChI is InChI=1S/C13H13F4N3/c1-12(18,13(15,16)17)11-19-10-8(14)3-2-4-9(10)20(11)7-5-6-7/h2-4,7H,5-6,18H2,1H3. The van der Waals surface area contributed by atoms with Crippen LogP contribution >= 0.6 is 0 Å². The Morgan fingerprint density at radius 3 is 2.50 bits per heavy atom. The molecule has 0 aliphatic heterocycles. The Hall–Kier alpha value is -1.63.